The molecule has 3 aromatic heterocycles. The van der Waals surface area contributed by atoms with E-state index >= 15 is 0 Å². The van der Waals surface area contributed by atoms with Crippen LogP contribution in [0.5, 0.6) is 0 Å². The SMILES string of the molecule is c1ccc(-c2nc(-c3ccccc3)nc(-n3c4ccccc4c4cc(-c5ccc6c(c5)oc5cc7c(cc56)-c5ccccc5C7(c5ccccc5)c5ccccc5)ccc43)n2)cc1. The van der Waals surface area contributed by atoms with Crippen LogP contribution in [-0.2, 0) is 5.41 Å². The first kappa shape index (κ1) is 35.4. The summed E-state index contributed by atoms with van der Waals surface area (Å²) in [5.41, 5.74) is 14.8. The average Bonchev–Trinajstić information content (AvgIpc) is 3.99. The number of benzene rings is 9. The van der Waals surface area contributed by atoms with Gasteiger partial charge in [0.1, 0.15) is 11.2 Å². The van der Waals surface area contributed by atoms with Crippen molar-refractivity contribution in [2.24, 2.45) is 0 Å². The van der Waals surface area contributed by atoms with E-state index in [1.165, 1.54) is 33.4 Å². The Labute approximate surface area is 363 Å². The molecule has 13 rings (SSSR count). The predicted octanol–water partition coefficient (Wildman–Crippen LogP) is 14.2. The molecule has 0 atom stereocenters. The monoisotopic (exact) mass is 804 g/mol. The molecule has 0 spiro atoms. The third-order valence-corrected chi connectivity index (χ3v) is 12.9. The predicted molar refractivity (Wildman–Crippen MR) is 255 cm³/mol. The molecule has 0 aliphatic heterocycles. The summed E-state index contributed by atoms with van der Waals surface area (Å²) in [5.74, 6) is 1.83. The van der Waals surface area contributed by atoms with E-state index < -0.39 is 5.41 Å². The Morgan fingerprint density at radius 3 is 1.60 bits per heavy atom. The highest BCUT2D eigenvalue weighted by atomic mass is 16.3. The lowest BCUT2D eigenvalue weighted by Gasteiger charge is -2.33. The Morgan fingerprint density at radius 2 is 0.905 bits per heavy atom. The number of fused-ring (bicyclic) bond motifs is 9. The summed E-state index contributed by atoms with van der Waals surface area (Å²) < 4.78 is 9.06. The normalized spacial score (nSPS) is 12.9. The molecular weight excluding hydrogens is 769 g/mol. The van der Waals surface area contributed by atoms with Crippen LogP contribution in [0, 0.1) is 0 Å². The minimum atomic E-state index is -0.491. The molecule has 294 valence electrons. The maximum absolute atomic E-state index is 6.89. The van der Waals surface area contributed by atoms with E-state index in [-0.39, 0.29) is 0 Å². The molecule has 0 radical (unpaired) electrons. The molecular formula is C58H36N4O. The maximum atomic E-state index is 6.89. The molecule has 1 aliphatic rings. The van der Waals surface area contributed by atoms with Gasteiger partial charge in [-0.05, 0) is 87.0 Å². The molecule has 5 nitrogen and oxygen atoms in total. The van der Waals surface area contributed by atoms with Gasteiger partial charge in [-0.15, -0.1) is 0 Å². The highest BCUT2D eigenvalue weighted by molar-refractivity contribution is 6.12. The first-order valence-electron chi connectivity index (χ1n) is 21.3. The van der Waals surface area contributed by atoms with Crippen LogP contribution >= 0.6 is 0 Å². The number of aromatic nitrogens is 4. The zero-order valence-corrected chi connectivity index (χ0v) is 34.0. The van der Waals surface area contributed by atoms with Crippen LogP contribution in [0.2, 0.25) is 0 Å². The molecule has 0 amide bonds. The fourth-order valence-corrected chi connectivity index (χ4v) is 10.2. The lowest BCUT2D eigenvalue weighted by molar-refractivity contribution is 0.666. The highest BCUT2D eigenvalue weighted by Gasteiger charge is 2.46. The van der Waals surface area contributed by atoms with Gasteiger partial charge in [-0.2, -0.15) is 9.97 Å². The van der Waals surface area contributed by atoms with Crippen molar-refractivity contribution in [3.8, 4) is 51.0 Å². The van der Waals surface area contributed by atoms with Gasteiger partial charge >= 0.3 is 0 Å². The number of furan rings is 1. The quantitative estimate of drug-likeness (QED) is 0.168. The lowest BCUT2D eigenvalue weighted by atomic mass is 9.67. The van der Waals surface area contributed by atoms with E-state index in [9.17, 15) is 0 Å². The lowest BCUT2D eigenvalue weighted by Crippen LogP contribution is -2.28. The van der Waals surface area contributed by atoms with E-state index in [4.69, 9.17) is 19.4 Å². The van der Waals surface area contributed by atoms with Crippen molar-refractivity contribution < 1.29 is 4.42 Å². The van der Waals surface area contributed by atoms with Crippen LogP contribution in [0.1, 0.15) is 22.3 Å². The van der Waals surface area contributed by atoms with E-state index in [0.717, 1.165) is 66.0 Å². The van der Waals surface area contributed by atoms with Gasteiger partial charge in [0.05, 0.1) is 16.4 Å². The van der Waals surface area contributed by atoms with E-state index in [1.807, 2.05) is 60.7 Å². The largest absolute Gasteiger partial charge is 0.456 e. The Bertz CT molecular complexity index is 3630. The van der Waals surface area contributed by atoms with Gasteiger partial charge in [-0.25, -0.2) is 4.98 Å². The second-order valence-electron chi connectivity index (χ2n) is 16.3. The molecule has 0 N–H and O–H groups in total. The summed E-state index contributed by atoms with van der Waals surface area (Å²) in [6.45, 7) is 0. The van der Waals surface area contributed by atoms with Crippen LogP contribution in [-0.4, -0.2) is 19.5 Å². The Kier molecular flexibility index (Phi) is 7.75. The third-order valence-electron chi connectivity index (χ3n) is 12.9. The smallest absolute Gasteiger partial charge is 0.238 e. The highest BCUT2D eigenvalue weighted by Crippen LogP contribution is 2.57. The van der Waals surface area contributed by atoms with Crippen LogP contribution in [0.3, 0.4) is 0 Å². The van der Waals surface area contributed by atoms with Gasteiger partial charge in [0, 0.05) is 32.7 Å². The van der Waals surface area contributed by atoms with Crippen molar-refractivity contribution >= 4 is 43.7 Å². The Hall–Kier alpha value is -8.41. The minimum absolute atomic E-state index is 0.491. The maximum Gasteiger partial charge on any atom is 0.238 e. The third kappa shape index (κ3) is 5.33. The first-order chi connectivity index (χ1) is 31.2. The summed E-state index contributed by atoms with van der Waals surface area (Å²) in [6.07, 6.45) is 0. The number of nitrogens with zero attached hydrogens (tertiary/aromatic N) is 4. The average molecular weight is 805 g/mol. The van der Waals surface area contributed by atoms with Gasteiger partial charge in [0.25, 0.3) is 0 Å². The van der Waals surface area contributed by atoms with Gasteiger partial charge in [0.2, 0.25) is 5.95 Å². The fourth-order valence-electron chi connectivity index (χ4n) is 10.2. The summed E-state index contributed by atoms with van der Waals surface area (Å²) in [5, 5.41) is 4.45. The van der Waals surface area contributed by atoms with Crippen molar-refractivity contribution in [1.82, 2.24) is 19.5 Å². The van der Waals surface area contributed by atoms with Crippen LogP contribution < -0.4 is 0 Å². The summed E-state index contributed by atoms with van der Waals surface area (Å²) >= 11 is 0. The second kappa shape index (κ2) is 13.8. The van der Waals surface area contributed by atoms with Gasteiger partial charge in [-0.1, -0.05) is 176 Å². The van der Waals surface area contributed by atoms with Crippen LogP contribution in [0.4, 0.5) is 0 Å². The van der Waals surface area contributed by atoms with Gasteiger partial charge in [0.15, 0.2) is 11.6 Å². The Balaban J connectivity index is 0.967. The molecule has 1 aliphatic carbocycles. The molecule has 0 fully saturated rings. The van der Waals surface area contributed by atoms with E-state index in [2.05, 4.69) is 162 Å². The van der Waals surface area contributed by atoms with Gasteiger partial charge in [-0.3, -0.25) is 4.57 Å². The van der Waals surface area contributed by atoms with E-state index in [0.29, 0.717) is 17.6 Å². The van der Waals surface area contributed by atoms with Crippen molar-refractivity contribution in [3.05, 3.63) is 241 Å². The fraction of sp³-hybridized carbons (Fsp3) is 0.0172. The zero-order chi connectivity index (χ0) is 41.5. The zero-order valence-electron chi connectivity index (χ0n) is 34.0. The topological polar surface area (TPSA) is 56.7 Å². The number of hydrogen-bond donors (Lipinski definition) is 0. The van der Waals surface area contributed by atoms with Crippen LogP contribution in [0.15, 0.2) is 223 Å². The minimum Gasteiger partial charge on any atom is -0.456 e. The number of hydrogen-bond acceptors (Lipinski definition) is 4. The first-order valence-corrected chi connectivity index (χ1v) is 21.3. The summed E-state index contributed by atoms with van der Waals surface area (Å²) in [6, 6.07) is 77.4. The number of rotatable bonds is 6. The molecule has 0 saturated heterocycles. The number of para-hydroxylation sites is 1. The van der Waals surface area contributed by atoms with Crippen molar-refractivity contribution in [1.29, 1.82) is 0 Å². The molecule has 63 heavy (non-hydrogen) atoms. The Morgan fingerprint density at radius 1 is 0.349 bits per heavy atom. The molecule has 0 saturated carbocycles. The standard InChI is InChI=1S/C58H36N4O/c1-5-17-37(18-6-1)55-59-56(38-19-7-2-8-20-38)61-57(60-55)62-51-28-16-14-26-44(51)47-33-39(30-32-52(47)62)40-29-31-45-48-35-46-43-25-13-15-27-49(43)58(41-21-9-3-10-22-41,42-23-11-4-12-24-42)50(46)36-54(48)63-53(45)34-40/h1-36H. The molecule has 0 unspecified atom stereocenters. The second-order valence-corrected chi connectivity index (χ2v) is 16.3. The molecule has 3 heterocycles. The summed E-state index contributed by atoms with van der Waals surface area (Å²) in [7, 11) is 0. The molecule has 5 heteroatoms. The summed E-state index contributed by atoms with van der Waals surface area (Å²) in [4.78, 5) is 15.2. The van der Waals surface area contributed by atoms with E-state index in [1.54, 1.807) is 0 Å². The molecule has 12 aromatic rings. The molecule has 0 bridgehead atoms. The van der Waals surface area contributed by atoms with Crippen molar-refractivity contribution in [3.63, 3.8) is 0 Å². The van der Waals surface area contributed by atoms with Crippen LogP contribution in [0.25, 0.3) is 94.7 Å². The van der Waals surface area contributed by atoms with Crippen molar-refractivity contribution in [2.45, 2.75) is 5.41 Å². The molecule has 9 aromatic carbocycles. The van der Waals surface area contributed by atoms with Gasteiger partial charge < -0.3 is 4.42 Å². The van der Waals surface area contributed by atoms with Crippen molar-refractivity contribution in [2.75, 3.05) is 0 Å².